The summed E-state index contributed by atoms with van der Waals surface area (Å²) in [5.41, 5.74) is 2.21. The number of rotatable bonds is 3. The van der Waals surface area contributed by atoms with Crippen molar-refractivity contribution in [3.05, 3.63) is 41.2 Å². The lowest BCUT2D eigenvalue weighted by Gasteiger charge is -2.03. The molecule has 18 heavy (non-hydrogen) atoms. The van der Waals surface area contributed by atoms with Crippen LogP contribution in [0.4, 0.5) is 0 Å². The van der Waals surface area contributed by atoms with E-state index in [-0.39, 0.29) is 5.16 Å². The lowest BCUT2D eigenvalue weighted by atomic mass is 10.1. The minimum Gasteiger partial charge on any atom is -0.304 e. The van der Waals surface area contributed by atoms with Gasteiger partial charge in [0.25, 0.3) is 15.2 Å². The van der Waals surface area contributed by atoms with E-state index in [1.54, 1.807) is 7.05 Å². The van der Waals surface area contributed by atoms with Crippen molar-refractivity contribution in [2.75, 3.05) is 0 Å². The molecule has 6 nitrogen and oxygen atoms in total. The normalized spacial score (nSPS) is 11.7. The van der Waals surface area contributed by atoms with Crippen molar-refractivity contribution < 1.29 is 8.42 Å². The monoisotopic (exact) mass is 266 g/mol. The number of primary sulfonamides is 1. The van der Waals surface area contributed by atoms with E-state index in [9.17, 15) is 8.42 Å². The van der Waals surface area contributed by atoms with Crippen LogP contribution in [0.15, 0.2) is 29.4 Å². The van der Waals surface area contributed by atoms with Gasteiger partial charge in [0.15, 0.2) is 0 Å². The van der Waals surface area contributed by atoms with Gasteiger partial charge in [-0.3, -0.25) is 0 Å². The fourth-order valence-corrected chi connectivity index (χ4v) is 2.28. The number of hydrogen-bond donors (Lipinski definition) is 1. The van der Waals surface area contributed by atoms with Crippen LogP contribution in [0.25, 0.3) is 0 Å². The quantitative estimate of drug-likeness (QED) is 0.868. The van der Waals surface area contributed by atoms with Gasteiger partial charge in [0.1, 0.15) is 5.82 Å². The Hall–Kier alpha value is -1.73. The van der Waals surface area contributed by atoms with Gasteiger partial charge < -0.3 is 4.57 Å². The molecular weight excluding hydrogens is 252 g/mol. The van der Waals surface area contributed by atoms with Gasteiger partial charge in [-0.25, -0.2) is 13.6 Å². The molecule has 0 saturated carbocycles. The maximum absolute atomic E-state index is 11.2. The molecule has 0 fully saturated rings. The van der Waals surface area contributed by atoms with E-state index in [2.05, 4.69) is 10.2 Å². The molecule has 0 radical (unpaired) electrons. The zero-order valence-corrected chi connectivity index (χ0v) is 11.0. The second kappa shape index (κ2) is 4.51. The number of aromatic nitrogens is 3. The minimum absolute atomic E-state index is 0.218. The maximum atomic E-state index is 11.2. The first-order valence-electron chi connectivity index (χ1n) is 5.34. The van der Waals surface area contributed by atoms with Gasteiger partial charge in [-0.1, -0.05) is 29.8 Å². The van der Waals surface area contributed by atoms with Crippen LogP contribution in [0.1, 0.15) is 17.0 Å². The van der Waals surface area contributed by atoms with Gasteiger partial charge in [-0.2, -0.15) is 0 Å². The van der Waals surface area contributed by atoms with Crippen LogP contribution in [-0.4, -0.2) is 23.2 Å². The lowest BCUT2D eigenvalue weighted by Crippen LogP contribution is -2.17. The third-order valence-corrected chi connectivity index (χ3v) is 3.53. The highest BCUT2D eigenvalue weighted by Gasteiger charge is 2.18. The maximum Gasteiger partial charge on any atom is 0.273 e. The smallest absolute Gasteiger partial charge is 0.273 e. The molecular formula is C11H14N4O2S. The molecule has 0 atom stereocenters. The molecule has 0 aliphatic heterocycles. The Bertz CT molecular complexity index is 659. The highest BCUT2D eigenvalue weighted by molar-refractivity contribution is 7.89. The Balaban J connectivity index is 2.31. The molecule has 2 N–H and O–H groups in total. The Labute approximate surface area is 106 Å². The van der Waals surface area contributed by atoms with E-state index in [4.69, 9.17) is 5.14 Å². The predicted molar refractivity (Wildman–Crippen MR) is 66.4 cm³/mol. The summed E-state index contributed by atoms with van der Waals surface area (Å²) in [6, 6.07) is 7.93. The van der Waals surface area contributed by atoms with E-state index >= 15 is 0 Å². The summed E-state index contributed by atoms with van der Waals surface area (Å²) in [6.45, 7) is 2.01. The molecule has 0 aliphatic carbocycles. The Morgan fingerprint density at radius 1 is 1.22 bits per heavy atom. The Morgan fingerprint density at radius 2 is 1.83 bits per heavy atom. The van der Waals surface area contributed by atoms with Crippen molar-refractivity contribution in [3.63, 3.8) is 0 Å². The van der Waals surface area contributed by atoms with Gasteiger partial charge in [0, 0.05) is 13.5 Å². The third kappa shape index (κ3) is 2.57. The molecule has 96 valence electrons. The molecule has 2 rings (SSSR count). The lowest BCUT2D eigenvalue weighted by molar-refractivity contribution is 0.578. The van der Waals surface area contributed by atoms with E-state index in [1.807, 2.05) is 31.2 Å². The summed E-state index contributed by atoms with van der Waals surface area (Å²) in [5, 5.41) is 12.3. The largest absolute Gasteiger partial charge is 0.304 e. The third-order valence-electron chi connectivity index (χ3n) is 2.66. The highest BCUT2D eigenvalue weighted by atomic mass is 32.2. The predicted octanol–water partition coefficient (Wildman–Crippen LogP) is 0.362. The summed E-state index contributed by atoms with van der Waals surface area (Å²) in [7, 11) is -2.24. The number of hydrogen-bond acceptors (Lipinski definition) is 4. The number of nitrogens with two attached hydrogens (primary N) is 1. The van der Waals surface area contributed by atoms with E-state index in [0.29, 0.717) is 12.2 Å². The first-order valence-corrected chi connectivity index (χ1v) is 6.89. The summed E-state index contributed by atoms with van der Waals surface area (Å²) in [4.78, 5) is 0. The summed E-state index contributed by atoms with van der Waals surface area (Å²) >= 11 is 0. The summed E-state index contributed by atoms with van der Waals surface area (Å²) < 4.78 is 23.8. The average Bonchev–Trinajstić information content (AvgIpc) is 2.63. The SMILES string of the molecule is Cc1ccc(Cc2nnc(S(N)(=O)=O)n2C)cc1. The molecule has 7 heteroatoms. The molecule has 0 amide bonds. The number of benzene rings is 1. The number of nitrogens with zero attached hydrogens (tertiary/aromatic N) is 3. The topological polar surface area (TPSA) is 90.9 Å². The zero-order chi connectivity index (χ0) is 13.3. The molecule has 1 aromatic heterocycles. The fraction of sp³-hybridized carbons (Fsp3) is 0.273. The molecule has 2 aromatic rings. The fourth-order valence-electron chi connectivity index (χ4n) is 1.64. The molecule has 1 aromatic carbocycles. The van der Waals surface area contributed by atoms with Gasteiger partial charge >= 0.3 is 0 Å². The molecule has 0 unspecified atom stereocenters. The van der Waals surface area contributed by atoms with E-state index in [0.717, 1.165) is 5.56 Å². The second-order valence-electron chi connectivity index (χ2n) is 4.17. The molecule has 1 heterocycles. The van der Waals surface area contributed by atoms with Gasteiger partial charge in [0.2, 0.25) is 0 Å². The summed E-state index contributed by atoms with van der Waals surface area (Å²) in [6.07, 6.45) is 0.513. The minimum atomic E-state index is -3.82. The van der Waals surface area contributed by atoms with Crippen molar-refractivity contribution >= 4 is 10.0 Å². The standard InChI is InChI=1S/C11H14N4O2S/c1-8-3-5-9(6-4-8)7-10-13-14-11(15(10)2)18(12,16)17/h3-6H,7H2,1-2H3,(H2,12,16,17). The van der Waals surface area contributed by atoms with E-state index < -0.39 is 10.0 Å². The van der Waals surface area contributed by atoms with Crippen molar-refractivity contribution in [2.24, 2.45) is 12.2 Å². The second-order valence-corrected chi connectivity index (χ2v) is 5.62. The number of sulfonamides is 1. The van der Waals surface area contributed by atoms with E-state index in [1.165, 1.54) is 10.1 Å². The van der Waals surface area contributed by atoms with Crippen molar-refractivity contribution in [2.45, 2.75) is 18.5 Å². The van der Waals surface area contributed by atoms with Crippen LogP contribution < -0.4 is 5.14 Å². The average molecular weight is 266 g/mol. The van der Waals surface area contributed by atoms with Crippen LogP contribution in [0.3, 0.4) is 0 Å². The number of aryl methyl sites for hydroxylation is 1. The van der Waals surface area contributed by atoms with Gasteiger partial charge in [-0.05, 0) is 12.5 Å². The van der Waals surface area contributed by atoms with Crippen LogP contribution >= 0.6 is 0 Å². The molecule has 0 bridgehead atoms. The van der Waals surface area contributed by atoms with Crippen LogP contribution in [0.2, 0.25) is 0 Å². The summed E-state index contributed by atoms with van der Waals surface area (Å²) in [5.74, 6) is 0.558. The Kier molecular flexibility index (Phi) is 3.18. The van der Waals surface area contributed by atoms with Crippen molar-refractivity contribution in [1.29, 1.82) is 0 Å². The van der Waals surface area contributed by atoms with Crippen LogP contribution in [0, 0.1) is 6.92 Å². The Morgan fingerprint density at radius 3 is 2.33 bits per heavy atom. The molecule has 0 saturated heterocycles. The highest BCUT2D eigenvalue weighted by Crippen LogP contribution is 2.11. The zero-order valence-electron chi connectivity index (χ0n) is 10.2. The first-order chi connectivity index (χ1) is 8.38. The first kappa shape index (κ1) is 12.7. The van der Waals surface area contributed by atoms with Gasteiger partial charge in [0.05, 0.1) is 0 Å². The van der Waals surface area contributed by atoms with Crippen molar-refractivity contribution in [1.82, 2.24) is 14.8 Å². The van der Waals surface area contributed by atoms with Crippen LogP contribution in [0.5, 0.6) is 0 Å². The van der Waals surface area contributed by atoms with Gasteiger partial charge in [-0.15, -0.1) is 10.2 Å². The van der Waals surface area contributed by atoms with Crippen molar-refractivity contribution in [3.8, 4) is 0 Å². The molecule has 0 aliphatic rings. The van der Waals surface area contributed by atoms with Crippen LogP contribution in [-0.2, 0) is 23.5 Å². The molecule has 0 spiro atoms.